The lowest BCUT2D eigenvalue weighted by Gasteiger charge is -1.92. The van der Waals surface area contributed by atoms with E-state index in [1.54, 1.807) is 23.1 Å². The van der Waals surface area contributed by atoms with Crippen molar-refractivity contribution in [1.29, 1.82) is 0 Å². The zero-order valence-corrected chi connectivity index (χ0v) is 8.72. The Kier molecular flexibility index (Phi) is 2.15. The van der Waals surface area contributed by atoms with E-state index in [1.165, 1.54) is 9.60 Å². The van der Waals surface area contributed by atoms with Crippen LogP contribution < -0.4 is 0 Å². The lowest BCUT2D eigenvalue weighted by Crippen LogP contribution is -1.75. The van der Waals surface area contributed by atoms with Gasteiger partial charge in [0.25, 0.3) is 0 Å². The molecule has 0 atom stereocenters. The van der Waals surface area contributed by atoms with Crippen LogP contribution in [0.15, 0.2) is 20.8 Å². The second-order valence-corrected chi connectivity index (χ2v) is 4.26. The molecule has 64 valence electrons. The molecule has 0 fully saturated rings. The van der Waals surface area contributed by atoms with Crippen molar-refractivity contribution in [2.75, 3.05) is 6.26 Å². The molecule has 0 aromatic carbocycles. The van der Waals surface area contributed by atoms with Crippen LogP contribution in [0.2, 0.25) is 0 Å². The molecule has 12 heavy (non-hydrogen) atoms. The van der Waals surface area contributed by atoms with Crippen LogP contribution in [0.3, 0.4) is 0 Å². The van der Waals surface area contributed by atoms with Crippen LogP contribution in [0.4, 0.5) is 0 Å². The average Bonchev–Trinajstić information content (AvgIpc) is 2.61. The van der Waals surface area contributed by atoms with Gasteiger partial charge in [0.05, 0.1) is 9.60 Å². The standard InChI is InChI=1S/C9H10OS2/c1-3-6-8(11-2)9-7(10-6)4-5-12-9/h4-5H,3H2,1-2H3. The summed E-state index contributed by atoms with van der Waals surface area (Å²) < 4.78 is 6.97. The lowest BCUT2D eigenvalue weighted by atomic mass is 10.3. The number of fused-ring (bicyclic) bond motifs is 1. The summed E-state index contributed by atoms with van der Waals surface area (Å²) in [6, 6.07) is 2.04. The number of aryl methyl sites for hydroxylation is 1. The molecule has 3 heteroatoms. The molecule has 0 aliphatic carbocycles. The Labute approximate surface area is 79.8 Å². The van der Waals surface area contributed by atoms with Gasteiger partial charge >= 0.3 is 0 Å². The predicted octanol–water partition coefficient (Wildman–Crippen LogP) is 3.78. The second kappa shape index (κ2) is 3.15. The minimum absolute atomic E-state index is 0.984. The molecule has 0 saturated heterocycles. The van der Waals surface area contributed by atoms with Gasteiger partial charge in [-0.25, -0.2) is 0 Å². The highest BCUT2D eigenvalue weighted by Crippen LogP contribution is 2.36. The van der Waals surface area contributed by atoms with E-state index in [-0.39, 0.29) is 0 Å². The summed E-state index contributed by atoms with van der Waals surface area (Å²) in [4.78, 5) is 1.32. The first-order valence-electron chi connectivity index (χ1n) is 3.89. The van der Waals surface area contributed by atoms with E-state index < -0.39 is 0 Å². The van der Waals surface area contributed by atoms with E-state index in [2.05, 4.69) is 18.6 Å². The Morgan fingerprint density at radius 2 is 2.42 bits per heavy atom. The molecule has 0 aliphatic heterocycles. The van der Waals surface area contributed by atoms with E-state index in [0.29, 0.717) is 0 Å². The molecule has 0 spiro atoms. The summed E-state index contributed by atoms with van der Waals surface area (Å²) >= 11 is 3.54. The van der Waals surface area contributed by atoms with Gasteiger partial charge in [0.15, 0.2) is 0 Å². The Balaban J connectivity index is 2.70. The first kappa shape index (κ1) is 8.20. The van der Waals surface area contributed by atoms with E-state index in [0.717, 1.165) is 17.8 Å². The smallest absolute Gasteiger partial charge is 0.146 e. The third-order valence-electron chi connectivity index (χ3n) is 1.85. The first-order chi connectivity index (χ1) is 5.86. The van der Waals surface area contributed by atoms with Gasteiger partial charge in [0.2, 0.25) is 0 Å². The summed E-state index contributed by atoms with van der Waals surface area (Å²) in [6.07, 6.45) is 3.08. The average molecular weight is 198 g/mol. The van der Waals surface area contributed by atoms with Crippen molar-refractivity contribution in [3.05, 3.63) is 17.2 Å². The molecule has 1 nitrogen and oxygen atoms in total. The van der Waals surface area contributed by atoms with Gasteiger partial charge in [-0.3, -0.25) is 0 Å². The highest BCUT2D eigenvalue weighted by atomic mass is 32.2. The van der Waals surface area contributed by atoms with Crippen LogP contribution in [-0.4, -0.2) is 6.26 Å². The van der Waals surface area contributed by atoms with Crippen LogP contribution in [0.1, 0.15) is 12.7 Å². The summed E-state index contributed by atoms with van der Waals surface area (Å²) in [6.45, 7) is 2.13. The Hall–Kier alpha value is -0.410. The quantitative estimate of drug-likeness (QED) is 0.681. The van der Waals surface area contributed by atoms with Crippen molar-refractivity contribution < 1.29 is 4.42 Å². The molecule has 2 rings (SSSR count). The zero-order chi connectivity index (χ0) is 8.55. The SMILES string of the molecule is CCc1oc2ccsc2c1SC. The van der Waals surface area contributed by atoms with Crippen molar-refractivity contribution in [2.45, 2.75) is 18.2 Å². The molecule has 0 saturated carbocycles. The third kappa shape index (κ3) is 1.08. The molecule has 0 aliphatic rings. The summed E-state index contributed by atoms with van der Waals surface area (Å²) in [5.74, 6) is 1.13. The van der Waals surface area contributed by atoms with Gasteiger partial charge in [-0.15, -0.1) is 23.1 Å². The van der Waals surface area contributed by atoms with Gasteiger partial charge in [0, 0.05) is 6.42 Å². The van der Waals surface area contributed by atoms with Gasteiger partial charge in [-0.2, -0.15) is 0 Å². The van der Waals surface area contributed by atoms with Crippen molar-refractivity contribution in [3.63, 3.8) is 0 Å². The topological polar surface area (TPSA) is 13.1 Å². The number of thioether (sulfide) groups is 1. The van der Waals surface area contributed by atoms with E-state index >= 15 is 0 Å². The lowest BCUT2D eigenvalue weighted by molar-refractivity contribution is 0.546. The molecule has 0 unspecified atom stereocenters. The fraction of sp³-hybridized carbons (Fsp3) is 0.333. The van der Waals surface area contributed by atoms with E-state index in [1.807, 2.05) is 6.07 Å². The van der Waals surface area contributed by atoms with Crippen LogP contribution in [0.25, 0.3) is 10.3 Å². The minimum Gasteiger partial charge on any atom is -0.459 e. The molecule has 0 radical (unpaired) electrons. The summed E-state index contributed by atoms with van der Waals surface area (Å²) in [5, 5.41) is 2.08. The monoisotopic (exact) mass is 198 g/mol. The maximum atomic E-state index is 5.67. The molecule has 0 N–H and O–H groups in total. The molecule has 2 heterocycles. The number of hydrogen-bond donors (Lipinski definition) is 0. The van der Waals surface area contributed by atoms with Crippen LogP contribution in [-0.2, 0) is 6.42 Å². The van der Waals surface area contributed by atoms with E-state index in [4.69, 9.17) is 4.42 Å². The molecular weight excluding hydrogens is 188 g/mol. The Morgan fingerprint density at radius 3 is 3.08 bits per heavy atom. The third-order valence-corrected chi connectivity index (χ3v) is 3.73. The minimum atomic E-state index is 0.984. The maximum absolute atomic E-state index is 5.67. The van der Waals surface area contributed by atoms with Gasteiger partial charge in [0.1, 0.15) is 11.3 Å². The number of hydrogen-bond acceptors (Lipinski definition) is 3. The number of rotatable bonds is 2. The normalized spacial score (nSPS) is 11.2. The first-order valence-corrected chi connectivity index (χ1v) is 6.00. The largest absolute Gasteiger partial charge is 0.459 e. The van der Waals surface area contributed by atoms with Gasteiger partial charge in [-0.1, -0.05) is 6.92 Å². The molecular formula is C9H10OS2. The molecule has 2 aromatic rings. The number of furan rings is 1. The zero-order valence-electron chi connectivity index (χ0n) is 7.09. The van der Waals surface area contributed by atoms with Crippen molar-refractivity contribution in [1.82, 2.24) is 0 Å². The van der Waals surface area contributed by atoms with Crippen molar-refractivity contribution >= 4 is 33.4 Å². The highest BCUT2D eigenvalue weighted by molar-refractivity contribution is 7.99. The van der Waals surface area contributed by atoms with Crippen LogP contribution in [0.5, 0.6) is 0 Å². The molecule has 0 amide bonds. The van der Waals surface area contributed by atoms with Gasteiger partial charge < -0.3 is 4.42 Å². The summed E-state index contributed by atoms with van der Waals surface area (Å²) in [7, 11) is 0. The Morgan fingerprint density at radius 1 is 1.58 bits per heavy atom. The summed E-state index contributed by atoms with van der Waals surface area (Å²) in [5.41, 5.74) is 1.04. The fourth-order valence-corrected chi connectivity index (χ4v) is 3.16. The second-order valence-electron chi connectivity index (χ2n) is 2.53. The molecule has 2 aromatic heterocycles. The molecule has 0 bridgehead atoms. The highest BCUT2D eigenvalue weighted by Gasteiger charge is 2.12. The van der Waals surface area contributed by atoms with Crippen molar-refractivity contribution in [2.24, 2.45) is 0 Å². The Bertz CT molecular complexity index is 386. The predicted molar refractivity (Wildman–Crippen MR) is 55.3 cm³/mol. The maximum Gasteiger partial charge on any atom is 0.146 e. The fourth-order valence-electron chi connectivity index (χ4n) is 1.29. The van der Waals surface area contributed by atoms with Crippen LogP contribution >= 0.6 is 23.1 Å². The van der Waals surface area contributed by atoms with Crippen LogP contribution in [0, 0.1) is 0 Å². The van der Waals surface area contributed by atoms with Gasteiger partial charge in [-0.05, 0) is 17.7 Å². The number of thiophene rings is 1. The van der Waals surface area contributed by atoms with Crippen molar-refractivity contribution in [3.8, 4) is 0 Å². The van der Waals surface area contributed by atoms with E-state index in [9.17, 15) is 0 Å².